The lowest BCUT2D eigenvalue weighted by atomic mass is 10.1. The molecule has 1 aromatic heterocycles. The highest BCUT2D eigenvalue weighted by molar-refractivity contribution is 5.62. The van der Waals surface area contributed by atoms with E-state index in [1.165, 1.54) is 12.3 Å². The van der Waals surface area contributed by atoms with E-state index in [2.05, 4.69) is 4.98 Å². The molecule has 6 heteroatoms. The lowest BCUT2D eigenvalue weighted by Crippen LogP contribution is -1.91. The first kappa shape index (κ1) is 10.2. The molecule has 0 bridgehead atoms. The van der Waals surface area contributed by atoms with E-state index >= 15 is 0 Å². The Morgan fingerprint density at radius 2 is 2.25 bits per heavy atom. The Hall–Kier alpha value is -2.37. The Balaban J connectivity index is 2.51. The number of aromatic nitrogens is 1. The molecule has 0 fully saturated rings. The SMILES string of the molecule is Cc1ccc(-c2cnc(N)o2)cc1[N+](=O)[O-]. The van der Waals surface area contributed by atoms with Gasteiger partial charge in [0, 0.05) is 17.2 Å². The molecule has 1 aromatic carbocycles. The van der Waals surface area contributed by atoms with Crippen molar-refractivity contribution in [3.8, 4) is 11.3 Å². The number of oxazole rings is 1. The zero-order valence-electron chi connectivity index (χ0n) is 8.51. The number of anilines is 1. The Labute approximate surface area is 90.9 Å². The van der Waals surface area contributed by atoms with Gasteiger partial charge in [-0.2, -0.15) is 0 Å². The number of hydrogen-bond acceptors (Lipinski definition) is 5. The normalized spacial score (nSPS) is 10.3. The van der Waals surface area contributed by atoms with Gasteiger partial charge in [0.2, 0.25) is 0 Å². The Morgan fingerprint density at radius 3 is 2.81 bits per heavy atom. The van der Waals surface area contributed by atoms with Crippen molar-refractivity contribution in [2.45, 2.75) is 6.92 Å². The Morgan fingerprint density at radius 1 is 1.50 bits per heavy atom. The summed E-state index contributed by atoms with van der Waals surface area (Å²) in [6.45, 7) is 1.68. The summed E-state index contributed by atoms with van der Waals surface area (Å²) in [5, 5.41) is 10.7. The molecule has 0 saturated heterocycles. The standard InChI is InChI=1S/C10H9N3O3/c1-6-2-3-7(4-8(6)13(14)15)9-5-12-10(11)16-9/h2-5H,1H3,(H2,11,12). The van der Waals surface area contributed by atoms with Crippen LogP contribution in [-0.4, -0.2) is 9.91 Å². The molecule has 2 aromatic rings. The van der Waals surface area contributed by atoms with E-state index < -0.39 is 4.92 Å². The molecule has 0 aliphatic heterocycles. The van der Waals surface area contributed by atoms with Gasteiger partial charge in [-0.25, -0.2) is 4.98 Å². The lowest BCUT2D eigenvalue weighted by Gasteiger charge is -1.99. The van der Waals surface area contributed by atoms with Crippen LogP contribution in [0.1, 0.15) is 5.56 Å². The summed E-state index contributed by atoms with van der Waals surface area (Å²) in [5.74, 6) is 0.417. The molecule has 0 amide bonds. The molecule has 6 nitrogen and oxygen atoms in total. The van der Waals surface area contributed by atoms with E-state index in [1.807, 2.05) is 0 Å². The fourth-order valence-corrected chi connectivity index (χ4v) is 1.38. The van der Waals surface area contributed by atoms with Crippen LogP contribution in [0.15, 0.2) is 28.8 Å². The molecule has 82 valence electrons. The Bertz CT molecular complexity index is 548. The topological polar surface area (TPSA) is 95.2 Å². The minimum absolute atomic E-state index is 0.0400. The van der Waals surface area contributed by atoms with E-state index in [0.717, 1.165) is 0 Å². The number of nitrogens with two attached hydrogens (primary N) is 1. The van der Waals surface area contributed by atoms with Crippen LogP contribution in [0.4, 0.5) is 11.7 Å². The van der Waals surface area contributed by atoms with Gasteiger partial charge in [-0.05, 0) is 6.92 Å². The second kappa shape index (κ2) is 3.65. The third kappa shape index (κ3) is 1.72. The number of nitro groups is 1. The minimum Gasteiger partial charge on any atom is -0.424 e. The zero-order valence-corrected chi connectivity index (χ0v) is 8.51. The number of nitro benzene ring substituents is 1. The molecule has 0 saturated carbocycles. The summed E-state index contributed by atoms with van der Waals surface area (Å²) in [6.07, 6.45) is 1.43. The lowest BCUT2D eigenvalue weighted by molar-refractivity contribution is -0.385. The van der Waals surface area contributed by atoms with E-state index in [1.54, 1.807) is 19.1 Å². The maximum absolute atomic E-state index is 10.7. The molecule has 0 aliphatic carbocycles. The molecule has 1 heterocycles. The fraction of sp³-hybridized carbons (Fsp3) is 0.100. The van der Waals surface area contributed by atoms with Crippen molar-refractivity contribution in [1.29, 1.82) is 0 Å². The number of aryl methyl sites for hydroxylation is 1. The second-order valence-electron chi connectivity index (χ2n) is 3.32. The van der Waals surface area contributed by atoms with Crippen LogP contribution < -0.4 is 5.73 Å². The number of nitrogens with zero attached hydrogens (tertiary/aromatic N) is 2. The average Bonchev–Trinajstić information content (AvgIpc) is 2.65. The van der Waals surface area contributed by atoms with Crippen LogP contribution in [0.25, 0.3) is 11.3 Å². The van der Waals surface area contributed by atoms with Crippen LogP contribution in [0, 0.1) is 17.0 Å². The van der Waals surface area contributed by atoms with E-state index in [0.29, 0.717) is 16.9 Å². The second-order valence-corrected chi connectivity index (χ2v) is 3.32. The van der Waals surface area contributed by atoms with Gasteiger partial charge in [-0.15, -0.1) is 0 Å². The average molecular weight is 219 g/mol. The van der Waals surface area contributed by atoms with Crippen molar-refractivity contribution >= 4 is 11.7 Å². The fourth-order valence-electron chi connectivity index (χ4n) is 1.38. The van der Waals surface area contributed by atoms with Crippen molar-refractivity contribution in [1.82, 2.24) is 4.98 Å². The van der Waals surface area contributed by atoms with Gasteiger partial charge in [-0.3, -0.25) is 10.1 Å². The van der Waals surface area contributed by atoms with Gasteiger partial charge in [0.1, 0.15) is 0 Å². The minimum atomic E-state index is -0.432. The maximum atomic E-state index is 10.7. The quantitative estimate of drug-likeness (QED) is 0.616. The van der Waals surface area contributed by atoms with Gasteiger partial charge in [0.15, 0.2) is 5.76 Å². The molecular formula is C10H9N3O3. The summed E-state index contributed by atoms with van der Waals surface area (Å²) in [5.41, 5.74) is 6.56. The third-order valence-corrected chi connectivity index (χ3v) is 2.21. The largest absolute Gasteiger partial charge is 0.424 e. The molecule has 0 unspecified atom stereocenters. The maximum Gasteiger partial charge on any atom is 0.292 e. The van der Waals surface area contributed by atoms with Gasteiger partial charge in [0.05, 0.1) is 11.1 Å². The smallest absolute Gasteiger partial charge is 0.292 e. The highest BCUT2D eigenvalue weighted by Gasteiger charge is 2.13. The summed E-state index contributed by atoms with van der Waals surface area (Å²) in [4.78, 5) is 14.0. The Kier molecular flexibility index (Phi) is 2.32. The first-order valence-electron chi connectivity index (χ1n) is 4.54. The highest BCUT2D eigenvalue weighted by Crippen LogP contribution is 2.27. The zero-order chi connectivity index (χ0) is 11.7. The van der Waals surface area contributed by atoms with E-state index in [4.69, 9.17) is 10.2 Å². The molecule has 0 radical (unpaired) electrons. The van der Waals surface area contributed by atoms with Crippen molar-refractivity contribution in [3.05, 3.63) is 40.1 Å². The van der Waals surface area contributed by atoms with E-state index in [9.17, 15) is 10.1 Å². The van der Waals surface area contributed by atoms with Crippen molar-refractivity contribution in [2.24, 2.45) is 0 Å². The van der Waals surface area contributed by atoms with Gasteiger partial charge >= 0.3 is 0 Å². The molecule has 2 N–H and O–H groups in total. The van der Waals surface area contributed by atoms with Crippen LogP contribution in [0.5, 0.6) is 0 Å². The number of hydrogen-bond donors (Lipinski definition) is 1. The van der Waals surface area contributed by atoms with Crippen molar-refractivity contribution in [2.75, 3.05) is 5.73 Å². The van der Waals surface area contributed by atoms with Gasteiger partial charge in [0.25, 0.3) is 11.7 Å². The molecule has 0 atom stereocenters. The highest BCUT2D eigenvalue weighted by atomic mass is 16.6. The molecule has 0 spiro atoms. The van der Waals surface area contributed by atoms with Gasteiger partial charge in [-0.1, -0.05) is 12.1 Å². The monoisotopic (exact) mass is 219 g/mol. The molecule has 0 aliphatic rings. The van der Waals surface area contributed by atoms with Crippen LogP contribution >= 0.6 is 0 Å². The number of benzene rings is 1. The predicted octanol–water partition coefficient (Wildman–Crippen LogP) is 2.14. The summed E-state index contributed by atoms with van der Waals surface area (Å²) in [6, 6.07) is 4.86. The summed E-state index contributed by atoms with van der Waals surface area (Å²) in [7, 11) is 0. The van der Waals surface area contributed by atoms with Gasteiger partial charge < -0.3 is 10.2 Å². The first-order valence-corrected chi connectivity index (χ1v) is 4.54. The molecule has 2 rings (SSSR count). The van der Waals surface area contributed by atoms with Crippen LogP contribution in [0.2, 0.25) is 0 Å². The summed E-state index contributed by atoms with van der Waals surface area (Å²) < 4.78 is 5.09. The summed E-state index contributed by atoms with van der Waals surface area (Å²) >= 11 is 0. The van der Waals surface area contributed by atoms with Crippen LogP contribution in [-0.2, 0) is 0 Å². The molecular weight excluding hydrogens is 210 g/mol. The van der Waals surface area contributed by atoms with Crippen molar-refractivity contribution < 1.29 is 9.34 Å². The van der Waals surface area contributed by atoms with Crippen molar-refractivity contribution in [3.63, 3.8) is 0 Å². The number of rotatable bonds is 2. The number of nitrogen functional groups attached to an aromatic ring is 1. The van der Waals surface area contributed by atoms with Crippen LogP contribution in [0.3, 0.4) is 0 Å². The molecule has 16 heavy (non-hydrogen) atoms. The first-order chi connectivity index (χ1) is 7.58. The van der Waals surface area contributed by atoms with E-state index in [-0.39, 0.29) is 11.7 Å². The third-order valence-electron chi connectivity index (χ3n) is 2.21. The predicted molar refractivity (Wildman–Crippen MR) is 57.7 cm³/mol.